The normalized spacial score (nSPS) is 22.0. The van der Waals surface area contributed by atoms with Crippen LogP contribution in [0, 0.1) is 0 Å². The van der Waals surface area contributed by atoms with Gasteiger partial charge in [0, 0.05) is 5.69 Å². The molecule has 0 saturated heterocycles. The zero-order valence-electron chi connectivity index (χ0n) is 15.6. The topological polar surface area (TPSA) is 81.7 Å². The van der Waals surface area contributed by atoms with E-state index in [-0.39, 0.29) is 11.2 Å². The van der Waals surface area contributed by atoms with Crippen LogP contribution in [0.4, 0.5) is 5.69 Å². The average Bonchev–Trinajstić information content (AvgIpc) is 3.23. The Morgan fingerprint density at radius 3 is 2.21 bits per heavy atom. The number of carbonyl (C=O) groups is 1. The van der Waals surface area contributed by atoms with Crippen molar-refractivity contribution < 1.29 is 22.7 Å². The molecule has 7 heteroatoms. The Morgan fingerprint density at radius 2 is 1.57 bits per heavy atom. The zero-order valence-corrected chi connectivity index (χ0v) is 16.4. The summed E-state index contributed by atoms with van der Waals surface area (Å²) in [6.07, 6.45) is 2.12. The summed E-state index contributed by atoms with van der Waals surface area (Å²) in [5.41, 5.74) is 0.519. The molecule has 1 heterocycles. The summed E-state index contributed by atoms with van der Waals surface area (Å²) in [7, 11) is -3.30. The summed E-state index contributed by atoms with van der Waals surface area (Å²) >= 11 is 0. The Hall–Kier alpha value is -2.54. The molecule has 0 radical (unpaired) electrons. The molecule has 0 bridgehead atoms. The van der Waals surface area contributed by atoms with Gasteiger partial charge in [0.25, 0.3) is 5.91 Å². The van der Waals surface area contributed by atoms with Crippen LogP contribution in [-0.4, -0.2) is 31.8 Å². The van der Waals surface area contributed by atoms with Crippen molar-refractivity contribution in [1.82, 2.24) is 0 Å². The minimum Gasteiger partial charge on any atom is -0.482 e. The maximum Gasteiger partial charge on any atom is 0.269 e. The molecule has 6 nitrogen and oxygen atoms in total. The highest BCUT2D eigenvalue weighted by atomic mass is 32.2. The highest BCUT2D eigenvalue weighted by Gasteiger charge is 2.34. The van der Waals surface area contributed by atoms with Crippen LogP contribution in [0.25, 0.3) is 0 Å². The first-order chi connectivity index (χ1) is 13.4. The molecule has 0 unspecified atom stereocenters. The molecule has 2 atom stereocenters. The molecule has 2 aliphatic rings. The number of ether oxygens (including phenoxy) is 2. The number of rotatable bonds is 4. The van der Waals surface area contributed by atoms with Gasteiger partial charge in [0.15, 0.2) is 21.3 Å². The van der Waals surface area contributed by atoms with Crippen molar-refractivity contribution in [3.63, 3.8) is 0 Å². The molecule has 0 aromatic heterocycles. The third kappa shape index (κ3) is 3.58. The summed E-state index contributed by atoms with van der Waals surface area (Å²) in [4.78, 5) is 12.9. The van der Waals surface area contributed by atoms with Gasteiger partial charge in [-0.15, -0.1) is 0 Å². The second kappa shape index (κ2) is 7.47. The fourth-order valence-corrected chi connectivity index (χ4v) is 5.59. The third-order valence-electron chi connectivity index (χ3n) is 5.29. The fourth-order valence-electron chi connectivity index (χ4n) is 3.74. The van der Waals surface area contributed by atoms with Crippen LogP contribution in [0.15, 0.2) is 53.4 Å². The Kier molecular flexibility index (Phi) is 5.02. The van der Waals surface area contributed by atoms with E-state index in [2.05, 4.69) is 5.32 Å². The van der Waals surface area contributed by atoms with Crippen molar-refractivity contribution in [3.8, 4) is 11.5 Å². The first-order valence-corrected chi connectivity index (χ1v) is 11.1. The number of hydrogen-bond acceptors (Lipinski definition) is 5. The van der Waals surface area contributed by atoms with Crippen molar-refractivity contribution in [3.05, 3.63) is 48.5 Å². The second-order valence-electron chi connectivity index (χ2n) is 7.27. The first kappa shape index (κ1) is 18.8. The highest BCUT2D eigenvalue weighted by Crippen LogP contribution is 2.34. The number of anilines is 1. The molecule has 0 spiro atoms. The molecule has 28 heavy (non-hydrogen) atoms. The summed E-state index contributed by atoms with van der Waals surface area (Å²) < 4.78 is 36.9. The zero-order chi connectivity index (χ0) is 19.7. The molecule has 1 aliphatic heterocycles. The van der Waals surface area contributed by atoms with Gasteiger partial charge in [-0.3, -0.25) is 4.79 Å². The number of amides is 1. The van der Waals surface area contributed by atoms with E-state index in [0.29, 0.717) is 22.1 Å². The minimum atomic E-state index is -3.30. The highest BCUT2D eigenvalue weighted by molar-refractivity contribution is 7.92. The molecule has 1 fully saturated rings. The van der Waals surface area contributed by atoms with Crippen molar-refractivity contribution in [1.29, 1.82) is 0 Å². The number of nitrogens with one attached hydrogen (secondary N) is 1. The fraction of sp³-hybridized carbons (Fsp3) is 0.381. The van der Waals surface area contributed by atoms with Gasteiger partial charge in [-0.25, -0.2) is 8.42 Å². The average molecular weight is 401 g/mol. The van der Waals surface area contributed by atoms with Crippen molar-refractivity contribution >= 4 is 21.4 Å². The van der Waals surface area contributed by atoms with E-state index in [4.69, 9.17) is 9.47 Å². The maximum atomic E-state index is 12.7. The van der Waals surface area contributed by atoms with Crippen molar-refractivity contribution in [2.75, 3.05) is 5.32 Å². The molecule has 4 rings (SSSR count). The lowest BCUT2D eigenvalue weighted by molar-refractivity contribution is -0.128. The van der Waals surface area contributed by atoms with Crippen molar-refractivity contribution in [2.24, 2.45) is 0 Å². The van der Waals surface area contributed by atoms with Gasteiger partial charge in [-0.1, -0.05) is 25.0 Å². The van der Waals surface area contributed by atoms with Gasteiger partial charge in [-0.05, 0) is 56.2 Å². The summed E-state index contributed by atoms with van der Waals surface area (Å²) in [5.74, 6) is 0.799. The molecular weight excluding hydrogens is 378 g/mol. The molecule has 1 N–H and O–H groups in total. The summed E-state index contributed by atoms with van der Waals surface area (Å²) in [6, 6.07) is 13.5. The van der Waals surface area contributed by atoms with Gasteiger partial charge in [0.1, 0.15) is 6.10 Å². The number of para-hydroxylation sites is 2. The standard InChI is InChI=1S/C21H23NO5S/c1-14-20(27-19-9-5-4-8-18(19)26-14)21(23)22-15-10-12-17(13-11-15)28(24,25)16-6-2-3-7-16/h4-5,8-14,16,20H,2-3,6-7H2,1H3,(H,22,23)/t14-,20+/m1/s1. The van der Waals surface area contributed by atoms with E-state index in [9.17, 15) is 13.2 Å². The van der Waals surface area contributed by atoms with E-state index in [1.807, 2.05) is 12.1 Å². The lowest BCUT2D eigenvalue weighted by atomic mass is 10.1. The number of carbonyl (C=O) groups excluding carboxylic acids is 1. The molecule has 2 aromatic carbocycles. The number of benzene rings is 2. The Balaban J connectivity index is 1.45. The SMILES string of the molecule is C[C@H]1Oc2ccccc2O[C@@H]1C(=O)Nc1ccc(S(=O)(=O)C2CCCC2)cc1. The lowest BCUT2D eigenvalue weighted by Crippen LogP contribution is -2.46. The number of sulfone groups is 1. The Bertz CT molecular complexity index is 965. The van der Waals surface area contributed by atoms with Gasteiger partial charge in [-0.2, -0.15) is 0 Å². The summed E-state index contributed by atoms with van der Waals surface area (Å²) in [6.45, 7) is 1.78. The molecule has 2 aromatic rings. The van der Waals surface area contributed by atoms with E-state index < -0.39 is 22.0 Å². The van der Waals surface area contributed by atoms with Gasteiger partial charge < -0.3 is 14.8 Å². The van der Waals surface area contributed by atoms with E-state index >= 15 is 0 Å². The smallest absolute Gasteiger partial charge is 0.269 e. The summed E-state index contributed by atoms with van der Waals surface area (Å²) in [5, 5.41) is 2.49. The number of fused-ring (bicyclic) bond motifs is 1. The van der Waals surface area contributed by atoms with Gasteiger partial charge in [0.05, 0.1) is 10.1 Å². The molecule has 1 amide bonds. The predicted octanol–water partition coefficient (Wildman–Crippen LogP) is 3.57. The van der Waals surface area contributed by atoms with Crippen LogP contribution in [0.5, 0.6) is 11.5 Å². The van der Waals surface area contributed by atoms with Crippen molar-refractivity contribution in [2.45, 2.75) is 55.0 Å². The van der Waals surface area contributed by atoms with Crippen LogP contribution in [0.1, 0.15) is 32.6 Å². The number of hydrogen-bond donors (Lipinski definition) is 1. The largest absolute Gasteiger partial charge is 0.482 e. The molecule has 148 valence electrons. The molecule has 1 saturated carbocycles. The van der Waals surface area contributed by atoms with Crippen LogP contribution < -0.4 is 14.8 Å². The quantitative estimate of drug-likeness (QED) is 0.847. The minimum absolute atomic E-state index is 0.290. The van der Waals surface area contributed by atoms with E-state index in [0.717, 1.165) is 25.7 Å². The van der Waals surface area contributed by atoms with Crippen LogP contribution in [0.2, 0.25) is 0 Å². The molecule has 1 aliphatic carbocycles. The van der Waals surface area contributed by atoms with Gasteiger partial charge >= 0.3 is 0 Å². The first-order valence-electron chi connectivity index (χ1n) is 9.52. The van der Waals surface area contributed by atoms with Crippen LogP contribution in [-0.2, 0) is 14.6 Å². The van der Waals surface area contributed by atoms with E-state index in [1.54, 1.807) is 43.3 Å². The van der Waals surface area contributed by atoms with Gasteiger partial charge in [0.2, 0.25) is 6.10 Å². The predicted molar refractivity (Wildman–Crippen MR) is 105 cm³/mol. The third-order valence-corrected chi connectivity index (χ3v) is 7.57. The van der Waals surface area contributed by atoms with Crippen LogP contribution >= 0.6 is 0 Å². The Labute approximate surface area is 164 Å². The van der Waals surface area contributed by atoms with E-state index in [1.165, 1.54) is 0 Å². The van der Waals surface area contributed by atoms with Crippen LogP contribution in [0.3, 0.4) is 0 Å². The maximum absolute atomic E-state index is 12.7. The Morgan fingerprint density at radius 1 is 0.964 bits per heavy atom. The lowest BCUT2D eigenvalue weighted by Gasteiger charge is -2.31. The molecular formula is C21H23NO5S. The monoisotopic (exact) mass is 401 g/mol. The second-order valence-corrected chi connectivity index (χ2v) is 9.50.